The molecule has 1 aliphatic rings. The summed E-state index contributed by atoms with van der Waals surface area (Å²) in [5.74, 6) is -4.81. The number of rotatable bonds is 1. The highest BCUT2D eigenvalue weighted by atomic mass is 19.3. The summed E-state index contributed by atoms with van der Waals surface area (Å²) in [6.45, 7) is 1.87. The second-order valence-corrected chi connectivity index (χ2v) is 3.60. The minimum Gasteiger partial charge on any atom is -0.369 e. The van der Waals surface area contributed by atoms with Crippen LogP contribution in [0.25, 0.3) is 0 Å². The predicted octanol–water partition coefficient (Wildman–Crippen LogP) is 1.54. The molecule has 0 heterocycles. The van der Waals surface area contributed by atoms with Crippen molar-refractivity contribution in [3.8, 4) is 0 Å². The molecule has 1 saturated carbocycles. The highest BCUT2D eigenvalue weighted by Gasteiger charge is 2.46. The van der Waals surface area contributed by atoms with E-state index in [-0.39, 0.29) is 18.8 Å². The monoisotopic (exact) mass is 177 g/mol. The van der Waals surface area contributed by atoms with Gasteiger partial charge in [-0.3, -0.25) is 4.79 Å². The highest BCUT2D eigenvalue weighted by molar-refractivity contribution is 5.77. The zero-order chi connectivity index (χ0) is 9.35. The first-order valence-electron chi connectivity index (χ1n) is 4.10. The summed E-state index contributed by atoms with van der Waals surface area (Å²) in [6.07, 6.45) is 0.501. The van der Waals surface area contributed by atoms with Gasteiger partial charge in [0.15, 0.2) is 0 Å². The van der Waals surface area contributed by atoms with Gasteiger partial charge in [-0.15, -0.1) is 0 Å². The molecule has 2 nitrogen and oxygen atoms in total. The van der Waals surface area contributed by atoms with Gasteiger partial charge < -0.3 is 5.73 Å². The molecule has 0 aromatic heterocycles. The summed E-state index contributed by atoms with van der Waals surface area (Å²) in [5, 5.41) is 0. The average Bonchev–Trinajstić information content (AvgIpc) is 1.94. The molecular weight excluding hydrogens is 164 g/mol. The molecule has 70 valence electrons. The van der Waals surface area contributed by atoms with E-state index in [9.17, 15) is 13.6 Å². The number of primary amides is 1. The maximum atomic E-state index is 13.0. The molecule has 2 N–H and O–H groups in total. The van der Waals surface area contributed by atoms with Crippen molar-refractivity contribution in [2.24, 2.45) is 17.6 Å². The molecule has 1 aliphatic carbocycles. The molecule has 1 fully saturated rings. The fourth-order valence-corrected chi connectivity index (χ4v) is 1.63. The maximum absolute atomic E-state index is 13.0. The molecule has 12 heavy (non-hydrogen) atoms. The quantitative estimate of drug-likeness (QED) is 0.648. The van der Waals surface area contributed by atoms with Crippen LogP contribution in [0.3, 0.4) is 0 Å². The number of alkyl halides is 2. The van der Waals surface area contributed by atoms with Crippen molar-refractivity contribution in [1.82, 2.24) is 0 Å². The zero-order valence-electron chi connectivity index (χ0n) is 7.02. The van der Waals surface area contributed by atoms with Gasteiger partial charge in [-0.25, -0.2) is 8.78 Å². The largest absolute Gasteiger partial charge is 0.369 e. The fraction of sp³-hybridized carbons (Fsp3) is 0.875. The van der Waals surface area contributed by atoms with Crippen LogP contribution in [0.5, 0.6) is 0 Å². The van der Waals surface area contributed by atoms with Crippen LogP contribution >= 0.6 is 0 Å². The van der Waals surface area contributed by atoms with Crippen molar-refractivity contribution in [2.75, 3.05) is 0 Å². The van der Waals surface area contributed by atoms with Gasteiger partial charge in [-0.1, -0.05) is 6.92 Å². The summed E-state index contributed by atoms with van der Waals surface area (Å²) in [4.78, 5) is 10.7. The van der Waals surface area contributed by atoms with Crippen molar-refractivity contribution in [1.29, 1.82) is 0 Å². The van der Waals surface area contributed by atoms with Gasteiger partial charge in [0.1, 0.15) is 5.92 Å². The van der Waals surface area contributed by atoms with Gasteiger partial charge in [0.05, 0.1) is 0 Å². The lowest BCUT2D eigenvalue weighted by Gasteiger charge is -2.32. The Morgan fingerprint density at radius 1 is 1.58 bits per heavy atom. The van der Waals surface area contributed by atoms with E-state index in [1.807, 2.05) is 6.92 Å². The van der Waals surface area contributed by atoms with Gasteiger partial charge in [-0.2, -0.15) is 0 Å². The molecule has 2 atom stereocenters. The first-order chi connectivity index (χ1) is 5.43. The number of carbonyl (C=O) groups is 1. The third-order valence-corrected chi connectivity index (χ3v) is 2.46. The Hall–Kier alpha value is -0.670. The highest BCUT2D eigenvalue weighted by Crippen LogP contribution is 2.40. The Labute approximate surface area is 70.1 Å². The Morgan fingerprint density at radius 3 is 2.58 bits per heavy atom. The number of nitrogens with two attached hydrogens (primary N) is 1. The van der Waals surface area contributed by atoms with E-state index in [2.05, 4.69) is 0 Å². The number of amides is 1. The van der Waals surface area contributed by atoms with Crippen LogP contribution < -0.4 is 5.73 Å². The number of hydrogen-bond acceptors (Lipinski definition) is 1. The van der Waals surface area contributed by atoms with Crippen molar-refractivity contribution in [2.45, 2.75) is 32.1 Å². The van der Waals surface area contributed by atoms with Crippen LogP contribution in [0.4, 0.5) is 8.78 Å². The van der Waals surface area contributed by atoms with E-state index in [4.69, 9.17) is 5.73 Å². The minimum atomic E-state index is -2.88. The lowest BCUT2D eigenvalue weighted by Crippen LogP contribution is -2.42. The van der Waals surface area contributed by atoms with Crippen molar-refractivity contribution in [3.63, 3.8) is 0 Å². The first-order valence-corrected chi connectivity index (χ1v) is 4.10. The Bertz CT molecular complexity index is 193. The molecule has 0 aromatic carbocycles. The molecule has 0 saturated heterocycles. The molecule has 2 unspecified atom stereocenters. The normalized spacial score (nSPS) is 34.6. The standard InChI is InChI=1S/C8H13F2NO/c1-5-2-3-8(9,10)6(4-5)7(11)12/h5-6H,2-4H2,1H3,(H2,11,12). The third-order valence-electron chi connectivity index (χ3n) is 2.46. The van der Waals surface area contributed by atoms with Crippen molar-refractivity contribution >= 4 is 5.91 Å². The SMILES string of the molecule is CC1CCC(F)(F)C(C(N)=O)C1. The van der Waals surface area contributed by atoms with E-state index >= 15 is 0 Å². The molecule has 1 amide bonds. The van der Waals surface area contributed by atoms with Crippen LogP contribution in [-0.4, -0.2) is 11.8 Å². The predicted molar refractivity (Wildman–Crippen MR) is 40.6 cm³/mol. The summed E-state index contributed by atoms with van der Waals surface area (Å²) in [6, 6.07) is 0. The number of hydrogen-bond donors (Lipinski definition) is 1. The van der Waals surface area contributed by atoms with Crippen molar-refractivity contribution < 1.29 is 13.6 Å². The smallest absolute Gasteiger partial charge is 0.259 e. The van der Waals surface area contributed by atoms with E-state index in [0.29, 0.717) is 6.42 Å². The Morgan fingerprint density at radius 2 is 2.17 bits per heavy atom. The second-order valence-electron chi connectivity index (χ2n) is 3.60. The van der Waals surface area contributed by atoms with E-state index in [1.165, 1.54) is 0 Å². The topological polar surface area (TPSA) is 43.1 Å². The Kier molecular flexibility index (Phi) is 2.35. The summed E-state index contributed by atoms with van der Waals surface area (Å²) < 4.78 is 26.0. The maximum Gasteiger partial charge on any atom is 0.259 e. The lowest BCUT2D eigenvalue weighted by atomic mass is 9.79. The fourth-order valence-electron chi connectivity index (χ4n) is 1.63. The number of carbonyl (C=O) groups excluding carboxylic acids is 1. The van der Waals surface area contributed by atoms with E-state index < -0.39 is 17.7 Å². The van der Waals surface area contributed by atoms with Crippen LogP contribution in [0.1, 0.15) is 26.2 Å². The molecule has 0 spiro atoms. The lowest BCUT2D eigenvalue weighted by molar-refractivity contribution is -0.144. The molecule has 1 rings (SSSR count). The van der Waals surface area contributed by atoms with Gasteiger partial charge in [0.2, 0.25) is 5.91 Å². The average molecular weight is 177 g/mol. The molecule has 4 heteroatoms. The summed E-state index contributed by atoms with van der Waals surface area (Å²) in [5.41, 5.74) is 4.89. The van der Waals surface area contributed by atoms with Crippen molar-refractivity contribution in [3.05, 3.63) is 0 Å². The second kappa shape index (κ2) is 2.99. The van der Waals surface area contributed by atoms with E-state index in [1.54, 1.807) is 0 Å². The minimum absolute atomic E-state index is 0.183. The zero-order valence-corrected chi connectivity index (χ0v) is 7.02. The summed E-state index contributed by atoms with van der Waals surface area (Å²) >= 11 is 0. The molecule has 0 aromatic rings. The number of halogens is 2. The van der Waals surface area contributed by atoms with Gasteiger partial charge in [0.25, 0.3) is 5.92 Å². The van der Waals surface area contributed by atoms with Crippen LogP contribution in [0, 0.1) is 11.8 Å². The molecule has 0 bridgehead atoms. The van der Waals surface area contributed by atoms with Crippen LogP contribution in [-0.2, 0) is 4.79 Å². The molecule has 0 aliphatic heterocycles. The van der Waals surface area contributed by atoms with Crippen LogP contribution in [0.2, 0.25) is 0 Å². The van der Waals surface area contributed by atoms with Crippen LogP contribution in [0.15, 0.2) is 0 Å². The Balaban J connectivity index is 2.72. The van der Waals surface area contributed by atoms with Gasteiger partial charge >= 0.3 is 0 Å². The summed E-state index contributed by atoms with van der Waals surface area (Å²) in [7, 11) is 0. The van der Waals surface area contributed by atoms with Gasteiger partial charge in [-0.05, 0) is 18.8 Å². The van der Waals surface area contributed by atoms with E-state index in [0.717, 1.165) is 0 Å². The molecular formula is C8H13F2NO. The molecule has 0 radical (unpaired) electrons. The first kappa shape index (κ1) is 9.42. The third kappa shape index (κ3) is 1.73. The van der Waals surface area contributed by atoms with Gasteiger partial charge in [0, 0.05) is 6.42 Å².